The molecule has 0 radical (unpaired) electrons. The molecule has 1 amide bonds. The molecule has 2 aromatic rings. The van der Waals surface area contributed by atoms with Crippen molar-refractivity contribution in [3.8, 4) is 11.1 Å². The molecule has 7 nitrogen and oxygen atoms in total. The van der Waals surface area contributed by atoms with Gasteiger partial charge in [0, 0.05) is 35.2 Å². The van der Waals surface area contributed by atoms with Crippen LogP contribution in [-0.4, -0.2) is 63.7 Å². The lowest BCUT2D eigenvalue weighted by atomic mass is 10.0. The Morgan fingerprint density at radius 2 is 2.10 bits per heavy atom. The van der Waals surface area contributed by atoms with Gasteiger partial charge in [0.2, 0.25) is 5.69 Å². The number of benzene rings is 1. The Bertz CT molecular complexity index is 939. The molecule has 160 valence electrons. The van der Waals surface area contributed by atoms with E-state index in [2.05, 4.69) is 15.1 Å². The summed E-state index contributed by atoms with van der Waals surface area (Å²) < 4.78 is 10.6. The molecule has 1 aliphatic heterocycles. The molecule has 0 aliphatic carbocycles. The van der Waals surface area contributed by atoms with Crippen molar-refractivity contribution >= 4 is 51.1 Å². The molecule has 0 unspecified atom stereocenters. The molecule has 30 heavy (non-hydrogen) atoms. The van der Waals surface area contributed by atoms with Gasteiger partial charge in [-0.1, -0.05) is 29.3 Å². The van der Waals surface area contributed by atoms with E-state index in [1.54, 1.807) is 18.2 Å². The SMILES string of the molecule is [C-]#[N+]c1c(N2CCOCC2)sc(C(=O)NCCOCCO)c1-c1ccc(Cl)cc1Cl. The highest BCUT2D eigenvalue weighted by molar-refractivity contribution is 7.19. The molecule has 1 aromatic carbocycles. The largest absolute Gasteiger partial charge is 0.394 e. The second kappa shape index (κ2) is 11.0. The Morgan fingerprint density at radius 1 is 1.33 bits per heavy atom. The Labute approximate surface area is 188 Å². The summed E-state index contributed by atoms with van der Waals surface area (Å²) >= 11 is 13.8. The van der Waals surface area contributed by atoms with E-state index in [0.717, 1.165) is 5.00 Å². The summed E-state index contributed by atoms with van der Waals surface area (Å²) in [5.74, 6) is -0.307. The predicted octanol–water partition coefficient (Wildman–Crippen LogP) is 3.85. The van der Waals surface area contributed by atoms with Crippen LogP contribution in [0.15, 0.2) is 18.2 Å². The number of hydrogen-bond acceptors (Lipinski definition) is 6. The maximum atomic E-state index is 13.0. The van der Waals surface area contributed by atoms with Crippen LogP contribution in [0.4, 0.5) is 10.7 Å². The fourth-order valence-corrected chi connectivity index (χ4v) is 4.81. The first-order chi connectivity index (χ1) is 14.6. The minimum absolute atomic E-state index is 0.0740. The monoisotopic (exact) mass is 469 g/mol. The van der Waals surface area contributed by atoms with Crippen molar-refractivity contribution in [1.82, 2.24) is 5.32 Å². The van der Waals surface area contributed by atoms with E-state index >= 15 is 0 Å². The number of carbonyl (C=O) groups excluding carboxylic acids is 1. The van der Waals surface area contributed by atoms with Gasteiger partial charge in [-0.3, -0.25) is 4.79 Å². The van der Waals surface area contributed by atoms with Crippen LogP contribution in [-0.2, 0) is 9.47 Å². The number of halogens is 2. The fraction of sp³-hybridized carbons (Fsp3) is 0.400. The Kier molecular flexibility index (Phi) is 8.33. The molecule has 1 saturated heterocycles. The summed E-state index contributed by atoms with van der Waals surface area (Å²) in [6, 6.07) is 5.02. The maximum absolute atomic E-state index is 13.0. The zero-order valence-corrected chi connectivity index (χ0v) is 18.4. The minimum Gasteiger partial charge on any atom is -0.394 e. The molecule has 1 fully saturated rings. The number of amides is 1. The van der Waals surface area contributed by atoms with Crippen LogP contribution >= 0.6 is 34.5 Å². The normalized spacial score (nSPS) is 13.9. The first-order valence-corrected chi connectivity index (χ1v) is 10.9. The smallest absolute Gasteiger partial charge is 0.260 e. The van der Waals surface area contributed by atoms with Crippen molar-refractivity contribution < 1.29 is 19.4 Å². The number of aliphatic hydroxyl groups excluding tert-OH is 1. The van der Waals surface area contributed by atoms with E-state index in [0.29, 0.717) is 58.0 Å². The lowest BCUT2D eigenvalue weighted by Gasteiger charge is -2.28. The van der Waals surface area contributed by atoms with Crippen LogP contribution in [0.3, 0.4) is 0 Å². The van der Waals surface area contributed by atoms with Crippen molar-refractivity contribution in [1.29, 1.82) is 0 Å². The number of nitrogens with one attached hydrogen (secondary N) is 1. The maximum Gasteiger partial charge on any atom is 0.260 e. The van der Waals surface area contributed by atoms with Crippen molar-refractivity contribution in [2.45, 2.75) is 0 Å². The van der Waals surface area contributed by atoms with Crippen LogP contribution in [0.2, 0.25) is 10.0 Å². The summed E-state index contributed by atoms with van der Waals surface area (Å²) in [5, 5.41) is 13.2. The van der Waals surface area contributed by atoms with Gasteiger partial charge in [-0.15, -0.1) is 11.3 Å². The predicted molar refractivity (Wildman–Crippen MR) is 119 cm³/mol. The number of ether oxygens (including phenoxy) is 2. The summed E-state index contributed by atoms with van der Waals surface area (Å²) in [6.07, 6.45) is 0. The van der Waals surface area contributed by atoms with Crippen LogP contribution in [0, 0.1) is 6.57 Å². The molecular formula is C20H21Cl2N3O4S. The highest BCUT2D eigenvalue weighted by Crippen LogP contribution is 2.50. The molecule has 2 heterocycles. The lowest BCUT2D eigenvalue weighted by molar-refractivity contribution is 0.0841. The number of anilines is 1. The van der Waals surface area contributed by atoms with Crippen LogP contribution in [0.25, 0.3) is 16.0 Å². The molecule has 0 atom stereocenters. The number of morpholine rings is 1. The number of thiophene rings is 1. The van der Waals surface area contributed by atoms with E-state index in [4.69, 9.17) is 44.4 Å². The third-order valence-electron chi connectivity index (χ3n) is 4.45. The first kappa shape index (κ1) is 22.8. The molecular weight excluding hydrogens is 449 g/mol. The highest BCUT2D eigenvalue weighted by atomic mass is 35.5. The quantitative estimate of drug-likeness (QED) is 0.453. The van der Waals surface area contributed by atoms with E-state index < -0.39 is 0 Å². The van der Waals surface area contributed by atoms with Gasteiger partial charge in [0.1, 0.15) is 0 Å². The van der Waals surface area contributed by atoms with Gasteiger partial charge in [0.05, 0.1) is 49.5 Å². The average molecular weight is 470 g/mol. The number of hydrogen-bond donors (Lipinski definition) is 2. The fourth-order valence-electron chi connectivity index (χ4n) is 3.08. The highest BCUT2D eigenvalue weighted by Gasteiger charge is 2.28. The molecule has 3 rings (SSSR count). The van der Waals surface area contributed by atoms with Crippen molar-refractivity contribution in [3.05, 3.63) is 44.5 Å². The summed E-state index contributed by atoms with van der Waals surface area (Å²) in [7, 11) is 0. The van der Waals surface area contributed by atoms with Crippen LogP contribution in [0.1, 0.15) is 9.67 Å². The molecule has 10 heteroatoms. The third kappa shape index (κ3) is 5.24. The van der Waals surface area contributed by atoms with Gasteiger partial charge in [-0.2, -0.15) is 0 Å². The van der Waals surface area contributed by atoms with E-state index in [1.165, 1.54) is 11.3 Å². The van der Waals surface area contributed by atoms with Gasteiger partial charge in [0.25, 0.3) is 5.91 Å². The average Bonchev–Trinajstić information content (AvgIpc) is 3.13. The molecule has 1 aliphatic rings. The third-order valence-corrected chi connectivity index (χ3v) is 6.24. The molecule has 1 aromatic heterocycles. The summed E-state index contributed by atoms with van der Waals surface area (Å²) in [4.78, 5) is 19.2. The van der Waals surface area contributed by atoms with Crippen LogP contribution in [0.5, 0.6) is 0 Å². The number of aliphatic hydroxyl groups is 1. The molecule has 0 bridgehead atoms. The second-order valence-electron chi connectivity index (χ2n) is 6.39. The van der Waals surface area contributed by atoms with E-state index in [9.17, 15) is 4.79 Å². The topological polar surface area (TPSA) is 75.4 Å². The van der Waals surface area contributed by atoms with Gasteiger partial charge >= 0.3 is 0 Å². The van der Waals surface area contributed by atoms with Gasteiger partial charge < -0.3 is 24.8 Å². The minimum atomic E-state index is -0.307. The molecule has 0 saturated carbocycles. The summed E-state index contributed by atoms with van der Waals surface area (Å²) in [5.41, 5.74) is 1.49. The number of carbonyl (C=O) groups is 1. The first-order valence-electron chi connectivity index (χ1n) is 9.36. The Morgan fingerprint density at radius 3 is 2.77 bits per heavy atom. The number of nitrogens with zero attached hydrogens (tertiary/aromatic N) is 2. The Hall–Kier alpha value is -1.86. The standard InChI is InChI=1S/C20H21Cl2N3O4S/c1-23-17-16(14-3-2-13(21)12-15(14)22)18(19(27)24-4-8-28-11-7-26)30-20(17)25-5-9-29-10-6-25/h2-3,12,26H,4-11H2,(H,24,27). The van der Waals surface area contributed by atoms with Crippen molar-refractivity contribution in [2.75, 3.05) is 57.6 Å². The summed E-state index contributed by atoms with van der Waals surface area (Å²) in [6.45, 7) is 10.9. The van der Waals surface area contributed by atoms with E-state index in [-0.39, 0.29) is 32.3 Å². The Balaban J connectivity index is 1.99. The lowest BCUT2D eigenvalue weighted by Crippen LogP contribution is -2.35. The van der Waals surface area contributed by atoms with E-state index in [1.807, 2.05) is 0 Å². The molecule has 2 N–H and O–H groups in total. The zero-order valence-electron chi connectivity index (χ0n) is 16.1. The van der Waals surface area contributed by atoms with Crippen LogP contribution < -0.4 is 10.2 Å². The van der Waals surface area contributed by atoms with Gasteiger partial charge in [-0.05, 0) is 17.7 Å². The van der Waals surface area contributed by atoms with Crippen molar-refractivity contribution in [2.24, 2.45) is 0 Å². The second-order valence-corrected chi connectivity index (χ2v) is 8.23. The number of rotatable bonds is 8. The van der Waals surface area contributed by atoms with Gasteiger partial charge in [-0.25, -0.2) is 4.85 Å². The zero-order chi connectivity index (χ0) is 21.5. The van der Waals surface area contributed by atoms with Gasteiger partial charge in [0.15, 0.2) is 0 Å². The molecule has 0 spiro atoms. The van der Waals surface area contributed by atoms with Crippen molar-refractivity contribution in [3.63, 3.8) is 0 Å².